The predicted octanol–water partition coefficient (Wildman–Crippen LogP) is 6.34. The molecule has 0 amide bonds. The Morgan fingerprint density at radius 2 is 1.44 bits per heavy atom. The van der Waals surface area contributed by atoms with Gasteiger partial charge in [-0.05, 0) is 35.0 Å². The van der Waals surface area contributed by atoms with Crippen LogP contribution in [0.2, 0.25) is 0 Å². The molecule has 0 aliphatic rings. The van der Waals surface area contributed by atoms with Crippen molar-refractivity contribution in [2.75, 3.05) is 0 Å². The van der Waals surface area contributed by atoms with Gasteiger partial charge in [0.1, 0.15) is 0 Å². The van der Waals surface area contributed by atoms with Crippen LogP contribution in [0.25, 0.3) is 0 Å². The van der Waals surface area contributed by atoms with Crippen LogP contribution in [0.3, 0.4) is 0 Å². The average Bonchev–Trinajstić information content (AvgIpc) is 2.20. The maximum absolute atomic E-state index is 2.42. The first kappa shape index (κ1) is 18.4. The molecule has 18 heavy (non-hydrogen) atoms. The molecule has 0 bridgehead atoms. The van der Waals surface area contributed by atoms with Crippen molar-refractivity contribution in [2.45, 2.75) is 92.4 Å². The van der Waals surface area contributed by atoms with E-state index in [9.17, 15) is 0 Å². The lowest BCUT2D eigenvalue weighted by Gasteiger charge is -2.38. The van der Waals surface area contributed by atoms with Gasteiger partial charge in [0.15, 0.2) is 0 Å². The standard InChI is InChI=1S/C17H37P/c1-9-10-11-12-15(13(2)3)18-16(14(4)5)17(6,7)8/h13-16,18H,9-12H2,1-8H3. The van der Waals surface area contributed by atoms with E-state index in [0.29, 0.717) is 5.41 Å². The summed E-state index contributed by atoms with van der Waals surface area (Å²) in [5.74, 6) is 1.67. The second-order valence-corrected chi connectivity index (χ2v) is 9.30. The van der Waals surface area contributed by atoms with Crippen molar-refractivity contribution in [3.05, 3.63) is 0 Å². The van der Waals surface area contributed by atoms with Gasteiger partial charge < -0.3 is 0 Å². The van der Waals surface area contributed by atoms with Gasteiger partial charge in [-0.3, -0.25) is 0 Å². The molecule has 110 valence electrons. The fourth-order valence-electron chi connectivity index (χ4n) is 2.90. The Balaban J connectivity index is 4.52. The van der Waals surface area contributed by atoms with Crippen LogP contribution in [0.4, 0.5) is 0 Å². The summed E-state index contributed by atoms with van der Waals surface area (Å²) in [7, 11) is 1.14. The second kappa shape index (κ2) is 8.57. The summed E-state index contributed by atoms with van der Waals surface area (Å²) in [4.78, 5) is 0. The zero-order chi connectivity index (χ0) is 14.3. The van der Waals surface area contributed by atoms with E-state index in [-0.39, 0.29) is 0 Å². The highest BCUT2D eigenvalue weighted by molar-refractivity contribution is 7.39. The molecular weight excluding hydrogens is 235 g/mol. The molecular formula is C17H37P. The molecule has 0 nitrogen and oxygen atoms in total. The zero-order valence-corrected chi connectivity index (χ0v) is 15.1. The Morgan fingerprint density at radius 3 is 1.78 bits per heavy atom. The second-order valence-electron chi connectivity index (χ2n) is 7.60. The van der Waals surface area contributed by atoms with Gasteiger partial charge in [0.25, 0.3) is 0 Å². The van der Waals surface area contributed by atoms with Crippen molar-refractivity contribution < 1.29 is 0 Å². The van der Waals surface area contributed by atoms with Crippen molar-refractivity contribution in [1.29, 1.82) is 0 Å². The lowest BCUT2D eigenvalue weighted by molar-refractivity contribution is 0.329. The normalized spacial score (nSPS) is 17.0. The van der Waals surface area contributed by atoms with Gasteiger partial charge in [0.05, 0.1) is 0 Å². The van der Waals surface area contributed by atoms with Crippen LogP contribution in [-0.4, -0.2) is 11.3 Å². The summed E-state index contributed by atoms with van der Waals surface area (Å²) in [5, 5.41) is 0. The van der Waals surface area contributed by atoms with Gasteiger partial charge in [0.2, 0.25) is 0 Å². The molecule has 1 heteroatoms. The summed E-state index contributed by atoms with van der Waals surface area (Å²) in [6, 6.07) is 0. The number of hydrogen-bond donors (Lipinski definition) is 0. The Kier molecular flexibility index (Phi) is 8.78. The maximum Gasteiger partial charge on any atom is -0.0162 e. The molecule has 0 saturated heterocycles. The Morgan fingerprint density at radius 1 is 0.889 bits per heavy atom. The zero-order valence-electron chi connectivity index (χ0n) is 14.1. The van der Waals surface area contributed by atoms with E-state index in [1.54, 1.807) is 0 Å². The van der Waals surface area contributed by atoms with E-state index in [4.69, 9.17) is 0 Å². The van der Waals surface area contributed by atoms with Crippen LogP contribution in [-0.2, 0) is 0 Å². The first-order valence-electron chi connectivity index (χ1n) is 7.96. The smallest absolute Gasteiger partial charge is 0.0162 e. The minimum absolute atomic E-state index is 0.463. The Labute approximate surface area is 118 Å². The third-order valence-corrected chi connectivity index (χ3v) is 7.19. The van der Waals surface area contributed by atoms with Gasteiger partial charge in [0, 0.05) is 0 Å². The average molecular weight is 272 g/mol. The van der Waals surface area contributed by atoms with Crippen LogP contribution in [0, 0.1) is 17.3 Å². The van der Waals surface area contributed by atoms with Crippen molar-refractivity contribution in [2.24, 2.45) is 17.3 Å². The van der Waals surface area contributed by atoms with E-state index in [2.05, 4.69) is 55.4 Å². The molecule has 0 saturated carbocycles. The molecule has 0 rings (SSSR count). The third kappa shape index (κ3) is 7.13. The molecule has 0 radical (unpaired) electrons. The predicted molar refractivity (Wildman–Crippen MR) is 89.2 cm³/mol. The molecule has 0 aliphatic carbocycles. The molecule has 0 aromatic carbocycles. The van der Waals surface area contributed by atoms with Crippen LogP contribution >= 0.6 is 8.58 Å². The number of rotatable bonds is 8. The number of unbranched alkanes of at least 4 members (excludes halogenated alkanes) is 2. The topological polar surface area (TPSA) is 0 Å². The summed E-state index contributed by atoms with van der Waals surface area (Å²) in [6.45, 7) is 19.2. The van der Waals surface area contributed by atoms with Crippen molar-refractivity contribution in [1.82, 2.24) is 0 Å². The maximum atomic E-state index is 2.42. The molecule has 3 unspecified atom stereocenters. The lowest BCUT2D eigenvalue weighted by Crippen LogP contribution is -2.30. The van der Waals surface area contributed by atoms with Crippen LogP contribution in [0.1, 0.15) is 81.1 Å². The first-order chi connectivity index (χ1) is 8.20. The van der Waals surface area contributed by atoms with E-state index in [1.165, 1.54) is 25.7 Å². The van der Waals surface area contributed by atoms with Gasteiger partial charge >= 0.3 is 0 Å². The highest BCUT2D eigenvalue weighted by Gasteiger charge is 2.30. The molecule has 0 fully saturated rings. The molecule has 3 atom stereocenters. The van der Waals surface area contributed by atoms with Gasteiger partial charge in [-0.2, -0.15) is 0 Å². The van der Waals surface area contributed by atoms with E-state index in [1.807, 2.05) is 0 Å². The molecule has 0 aliphatic heterocycles. The highest BCUT2D eigenvalue weighted by Crippen LogP contribution is 2.45. The monoisotopic (exact) mass is 272 g/mol. The first-order valence-corrected chi connectivity index (χ1v) is 9.11. The van der Waals surface area contributed by atoms with Gasteiger partial charge in [-0.1, -0.05) is 74.7 Å². The summed E-state index contributed by atoms with van der Waals surface area (Å²) in [5.41, 5.74) is 2.29. The summed E-state index contributed by atoms with van der Waals surface area (Å²) >= 11 is 0. The van der Waals surface area contributed by atoms with E-state index in [0.717, 1.165) is 31.7 Å². The van der Waals surface area contributed by atoms with E-state index >= 15 is 0 Å². The minimum atomic E-state index is 0.463. The van der Waals surface area contributed by atoms with Gasteiger partial charge in [-0.15, -0.1) is 8.58 Å². The summed E-state index contributed by atoms with van der Waals surface area (Å²) in [6.07, 6.45) is 5.64. The highest BCUT2D eigenvalue weighted by atomic mass is 31.1. The Hall–Kier alpha value is 0.430. The van der Waals surface area contributed by atoms with Crippen LogP contribution in [0.15, 0.2) is 0 Å². The van der Waals surface area contributed by atoms with Gasteiger partial charge in [-0.25, -0.2) is 0 Å². The van der Waals surface area contributed by atoms with Crippen molar-refractivity contribution >= 4 is 8.58 Å². The van der Waals surface area contributed by atoms with Crippen LogP contribution < -0.4 is 0 Å². The third-order valence-electron chi connectivity index (χ3n) is 3.92. The fourth-order valence-corrected chi connectivity index (χ4v) is 5.00. The van der Waals surface area contributed by atoms with E-state index < -0.39 is 0 Å². The Bertz CT molecular complexity index is 200. The van der Waals surface area contributed by atoms with Crippen molar-refractivity contribution in [3.63, 3.8) is 0 Å². The molecule has 0 N–H and O–H groups in total. The minimum Gasteiger partial charge on any atom is -0.115 e. The molecule has 0 aromatic rings. The quantitative estimate of drug-likeness (QED) is 0.357. The fraction of sp³-hybridized carbons (Fsp3) is 1.00. The molecule has 0 aromatic heterocycles. The molecule has 0 spiro atoms. The lowest BCUT2D eigenvalue weighted by atomic mass is 9.85. The molecule has 0 heterocycles. The number of hydrogen-bond acceptors (Lipinski definition) is 0. The van der Waals surface area contributed by atoms with Crippen LogP contribution in [0.5, 0.6) is 0 Å². The largest absolute Gasteiger partial charge is 0.115 e. The van der Waals surface area contributed by atoms with Crippen molar-refractivity contribution in [3.8, 4) is 0 Å². The summed E-state index contributed by atoms with van der Waals surface area (Å²) < 4.78 is 0. The SMILES string of the molecule is CCCCCC(PC(C(C)C)C(C)(C)C)C(C)C.